The van der Waals surface area contributed by atoms with E-state index in [2.05, 4.69) is 43.3 Å². The molecule has 0 N–H and O–H groups in total. The molecule has 3 heteroatoms. The third-order valence-electron chi connectivity index (χ3n) is 5.42. The average molecular weight is 401 g/mol. The Labute approximate surface area is 178 Å². The summed E-state index contributed by atoms with van der Waals surface area (Å²) >= 11 is 0. The van der Waals surface area contributed by atoms with Crippen LogP contribution in [-0.4, -0.2) is 18.9 Å². The van der Waals surface area contributed by atoms with Gasteiger partial charge in [0, 0.05) is 12.0 Å². The summed E-state index contributed by atoms with van der Waals surface area (Å²) in [5, 5.41) is 0. The fraction of sp³-hybridized carbons (Fsp3) is 0.259. The summed E-state index contributed by atoms with van der Waals surface area (Å²) in [4.78, 5) is 25.0. The second-order valence-electron chi connectivity index (χ2n) is 7.67. The maximum absolute atomic E-state index is 12.8. The van der Waals surface area contributed by atoms with Crippen molar-refractivity contribution in [3.63, 3.8) is 0 Å². The third kappa shape index (κ3) is 5.90. The lowest BCUT2D eigenvalue weighted by Crippen LogP contribution is -2.20. The van der Waals surface area contributed by atoms with Gasteiger partial charge in [-0.15, -0.1) is 0 Å². The van der Waals surface area contributed by atoms with Crippen LogP contribution in [0.15, 0.2) is 78.9 Å². The molecule has 0 spiro atoms. The molecule has 0 heterocycles. The van der Waals surface area contributed by atoms with Crippen LogP contribution in [0.5, 0.6) is 0 Å². The number of hydrogen-bond acceptors (Lipinski definition) is 3. The first-order valence-corrected chi connectivity index (χ1v) is 10.4. The van der Waals surface area contributed by atoms with Crippen molar-refractivity contribution in [3.8, 4) is 11.1 Å². The number of methoxy groups -OCH3 is 1. The van der Waals surface area contributed by atoms with Crippen molar-refractivity contribution in [3.05, 3.63) is 95.6 Å². The Morgan fingerprint density at radius 3 is 2.03 bits per heavy atom. The fourth-order valence-corrected chi connectivity index (χ4v) is 3.60. The summed E-state index contributed by atoms with van der Waals surface area (Å²) < 4.78 is 4.95. The summed E-state index contributed by atoms with van der Waals surface area (Å²) in [6.45, 7) is 2.06. The normalized spacial score (nSPS) is 11.7. The maximum atomic E-state index is 12.8. The molecule has 154 valence electrons. The molecule has 0 saturated carbocycles. The van der Waals surface area contributed by atoms with E-state index in [9.17, 15) is 9.59 Å². The molecule has 0 amide bonds. The molecule has 0 bridgehead atoms. The van der Waals surface area contributed by atoms with Crippen molar-refractivity contribution in [1.29, 1.82) is 0 Å². The minimum absolute atomic E-state index is 0.0273. The molecule has 0 aliphatic rings. The summed E-state index contributed by atoms with van der Waals surface area (Å²) in [6, 6.07) is 26.1. The molecule has 0 saturated heterocycles. The van der Waals surface area contributed by atoms with E-state index in [4.69, 9.17) is 4.74 Å². The zero-order valence-corrected chi connectivity index (χ0v) is 17.6. The predicted molar refractivity (Wildman–Crippen MR) is 120 cm³/mol. The maximum Gasteiger partial charge on any atom is 0.309 e. The van der Waals surface area contributed by atoms with Crippen LogP contribution >= 0.6 is 0 Å². The smallest absolute Gasteiger partial charge is 0.309 e. The van der Waals surface area contributed by atoms with E-state index in [0.29, 0.717) is 12.0 Å². The van der Waals surface area contributed by atoms with Crippen LogP contribution in [-0.2, 0) is 16.0 Å². The molecule has 0 aromatic heterocycles. The van der Waals surface area contributed by atoms with Gasteiger partial charge in [-0.2, -0.15) is 0 Å². The Morgan fingerprint density at radius 1 is 0.833 bits per heavy atom. The standard InChI is InChI=1S/C27H28O3/c1-20-11-13-22(14-12-20)23-15-17-24(18-16-23)26(28)19-25(27(29)30-2)10-6-9-21-7-4-3-5-8-21/h3-5,7-8,11-18,25H,6,9-10,19H2,1-2H3. The second kappa shape index (κ2) is 10.5. The number of Topliss-reactive ketones (excluding diaryl/α,β-unsaturated/α-hetero) is 1. The van der Waals surface area contributed by atoms with Crippen LogP contribution in [0.1, 0.15) is 40.7 Å². The van der Waals surface area contributed by atoms with Crippen molar-refractivity contribution in [1.82, 2.24) is 0 Å². The number of rotatable bonds is 9. The molecule has 30 heavy (non-hydrogen) atoms. The lowest BCUT2D eigenvalue weighted by molar-refractivity contribution is -0.145. The lowest BCUT2D eigenvalue weighted by atomic mass is 9.92. The van der Waals surface area contributed by atoms with E-state index < -0.39 is 5.92 Å². The van der Waals surface area contributed by atoms with Crippen molar-refractivity contribution in [2.75, 3.05) is 7.11 Å². The number of hydrogen-bond donors (Lipinski definition) is 0. The lowest BCUT2D eigenvalue weighted by Gasteiger charge is -2.14. The highest BCUT2D eigenvalue weighted by molar-refractivity contribution is 5.98. The van der Waals surface area contributed by atoms with Gasteiger partial charge < -0.3 is 4.74 Å². The van der Waals surface area contributed by atoms with Crippen LogP contribution in [0, 0.1) is 12.8 Å². The third-order valence-corrected chi connectivity index (χ3v) is 5.42. The Balaban J connectivity index is 1.61. The van der Waals surface area contributed by atoms with Gasteiger partial charge in [0.1, 0.15) is 0 Å². The van der Waals surface area contributed by atoms with E-state index in [0.717, 1.165) is 24.0 Å². The molecule has 1 unspecified atom stereocenters. The van der Waals surface area contributed by atoms with Crippen LogP contribution in [0.2, 0.25) is 0 Å². The van der Waals surface area contributed by atoms with Crippen LogP contribution in [0.4, 0.5) is 0 Å². The number of ketones is 1. The van der Waals surface area contributed by atoms with E-state index in [1.54, 1.807) is 0 Å². The van der Waals surface area contributed by atoms with Crippen LogP contribution in [0.3, 0.4) is 0 Å². The first-order valence-electron chi connectivity index (χ1n) is 10.4. The predicted octanol–water partition coefficient (Wildman–Crippen LogP) is 6.05. The number of benzene rings is 3. The molecule has 3 aromatic rings. The van der Waals surface area contributed by atoms with Gasteiger partial charge in [0.25, 0.3) is 0 Å². The molecule has 3 rings (SSSR count). The zero-order chi connectivity index (χ0) is 21.3. The highest BCUT2D eigenvalue weighted by atomic mass is 16.5. The quantitative estimate of drug-likeness (QED) is 0.324. The molecule has 3 aromatic carbocycles. The summed E-state index contributed by atoms with van der Waals surface area (Å²) in [5.41, 5.74) is 5.26. The molecule has 0 fully saturated rings. The van der Waals surface area contributed by atoms with Crippen LogP contribution < -0.4 is 0 Å². The Bertz CT molecular complexity index is 957. The monoisotopic (exact) mass is 400 g/mol. The molecular formula is C27H28O3. The van der Waals surface area contributed by atoms with Crippen LogP contribution in [0.25, 0.3) is 11.1 Å². The summed E-state index contributed by atoms with van der Waals surface area (Å²) in [5.74, 6) is -0.753. The van der Waals surface area contributed by atoms with Crippen molar-refractivity contribution >= 4 is 11.8 Å². The topological polar surface area (TPSA) is 43.4 Å². The van der Waals surface area contributed by atoms with Gasteiger partial charge in [0.05, 0.1) is 13.0 Å². The van der Waals surface area contributed by atoms with Gasteiger partial charge in [-0.05, 0) is 42.9 Å². The average Bonchev–Trinajstić information content (AvgIpc) is 2.79. The molecule has 0 radical (unpaired) electrons. The number of ether oxygens (including phenoxy) is 1. The van der Waals surface area contributed by atoms with Gasteiger partial charge >= 0.3 is 5.97 Å². The highest BCUT2D eigenvalue weighted by Crippen LogP contribution is 2.23. The van der Waals surface area contributed by atoms with Gasteiger partial charge in [-0.25, -0.2) is 0 Å². The first-order chi connectivity index (χ1) is 14.6. The van der Waals surface area contributed by atoms with Crippen molar-refractivity contribution < 1.29 is 14.3 Å². The van der Waals surface area contributed by atoms with Gasteiger partial charge in [-0.1, -0.05) is 84.4 Å². The Kier molecular flexibility index (Phi) is 7.56. The minimum atomic E-state index is -0.414. The fourth-order valence-electron chi connectivity index (χ4n) is 3.60. The zero-order valence-electron chi connectivity index (χ0n) is 17.6. The summed E-state index contributed by atoms with van der Waals surface area (Å²) in [6.07, 6.45) is 2.53. The molecule has 0 aliphatic heterocycles. The van der Waals surface area contributed by atoms with Gasteiger partial charge in [0.2, 0.25) is 0 Å². The van der Waals surface area contributed by atoms with E-state index in [1.807, 2.05) is 42.5 Å². The number of carbonyl (C=O) groups excluding carboxylic acids is 2. The van der Waals surface area contributed by atoms with Crippen molar-refractivity contribution in [2.24, 2.45) is 5.92 Å². The van der Waals surface area contributed by atoms with E-state index in [1.165, 1.54) is 18.2 Å². The molecule has 3 nitrogen and oxygen atoms in total. The number of esters is 1. The SMILES string of the molecule is COC(=O)C(CCCc1ccccc1)CC(=O)c1ccc(-c2ccc(C)cc2)cc1. The number of carbonyl (C=O) groups is 2. The number of aryl methyl sites for hydroxylation is 2. The summed E-state index contributed by atoms with van der Waals surface area (Å²) in [7, 11) is 1.38. The first kappa shape index (κ1) is 21.5. The Morgan fingerprint density at radius 2 is 1.43 bits per heavy atom. The molecular weight excluding hydrogens is 372 g/mol. The van der Waals surface area contributed by atoms with E-state index >= 15 is 0 Å². The van der Waals surface area contributed by atoms with Gasteiger partial charge in [0.15, 0.2) is 5.78 Å². The van der Waals surface area contributed by atoms with Crippen molar-refractivity contribution in [2.45, 2.75) is 32.6 Å². The molecule has 1 atom stereocenters. The van der Waals surface area contributed by atoms with Gasteiger partial charge in [-0.3, -0.25) is 9.59 Å². The Hall–Kier alpha value is -3.20. The molecule has 0 aliphatic carbocycles. The minimum Gasteiger partial charge on any atom is -0.469 e. The highest BCUT2D eigenvalue weighted by Gasteiger charge is 2.23. The second-order valence-corrected chi connectivity index (χ2v) is 7.67. The van der Waals surface area contributed by atoms with E-state index in [-0.39, 0.29) is 18.2 Å². The largest absolute Gasteiger partial charge is 0.469 e.